The van der Waals surface area contributed by atoms with E-state index in [-0.39, 0.29) is 17.9 Å². The first-order valence-electron chi connectivity index (χ1n) is 3.02. The lowest BCUT2D eigenvalue weighted by molar-refractivity contribution is 0.458. The van der Waals surface area contributed by atoms with Crippen LogP contribution < -0.4 is 5.73 Å². The van der Waals surface area contributed by atoms with E-state index in [2.05, 4.69) is 15.9 Å². The van der Waals surface area contributed by atoms with Crippen LogP contribution in [0.2, 0.25) is 0 Å². The number of hydrogen-bond donors (Lipinski definition) is 2. The van der Waals surface area contributed by atoms with Crippen LogP contribution in [0.25, 0.3) is 0 Å². The molecule has 0 aliphatic heterocycles. The number of aromatic hydroxyl groups is 1. The molecule has 0 saturated carbocycles. The van der Waals surface area contributed by atoms with Crippen molar-refractivity contribution < 1.29 is 9.50 Å². The number of hydrogen-bond acceptors (Lipinski definition) is 2. The van der Waals surface area contributed by atoms with Crippen molar-refractivity contribution in [1.82, 2.24) is 0 Å². The van der Waals surface area contributed by atoms with Crippen molar-refractivity contribution in [3.05, 3.63) is 28.0 Å². The zero-order valence-corrected chi connectivity index (χ0v) is 7.23. The first-order chi connectivity index (χ1) is 5.15. The molecule has 0 radical (unpaired) electrons. The van der Waals surface area contributed by atoms with Crippen LogP contribution in [0.5, 0.6) is 5.75 Å². The van der Waals surface area contributed by atoms with Crippen LogP contribution >= 0.6 is 15.9 Å². The smallest absolute Gasteiger partial charge is 0.132 e. The molecule has 0 bridgehead atoms. The molecule has 4 heteroatoms. The standard InChI is InChI=1S/C7H7BrFNO/c8-4-1-6(9)5(3-10)7(11)2-4/h1-2,11H,3,10H2. The van der Waals surface area contributed by atoms with Crippen LogP contribution in [-0.2, 0) is 6.54 Å². The summed E-state index contributed by atoms with van der Waals surface area (Å²) in [5.41, 5.74) is 5.33. The van der Waals surface area contributed by atoms with Crippen molar-refractivity contribution in [1.29, 1.82) is 0 Å². The molecule has 2 nitrogen and oxygen atoms in total. The van der Waals surface area contributed by atoms with Gasteiger partial charge in [-0.15, -0.1) is 0 Å². The first-order valence-corrected chi connectivity index (χ1v) is 3.81. The van der Waals surface area contributed by atoms with Crippen molar-refractivity contribution in [2.75, 3.05) is 0 Å². The van der Waals surface area contributed by atoms with Crippen molar-refractivity contribution in [3.63, 3.8) is 0 Å². The zero-order valence-electron chi connectivity index (χ0n) is 5.64. The Morgan fingerprint density at radius 3 is 2.64 bits per heavy atom. The van der Waals surface area contributed by atoms with Crippen LogP contribution in [-0.4, -0.2) is 5.11 Å². The molecule has 60 valence electrons. The van der Waals surface area contributed by atoms with Gasteiger partial charge in [-0.05, 0) is 12.1 Å². The van der Waals surface area contributed by atoms with E-state index in [4.69, 9.17) is 10.8 Å². The Bertz CT molecular complexity index is 254. The lowest BCUT2D eigenvalue weighted by Crippen LogP contribution is -1.99. The van der Waals surface area contributed by atoms with Crippen LogP contribution in [0.15, 0.2) is 16.6 Å². The van der Waals surface area contributed by atoms with Gasteiger partial charge in [0.05, 0.1) is 0 Å². The number of benzene rings is 1. The Morgan fingerprint density at radius 1 is 1.55 bits per heavy atom. The van der Waals surface area contributed by atoms with E-state index in [1.807, 2.05) is 0 Å². The molecule has 0 atom stereocenters. The summed E-state index contributed by atoms with van der Waals surface area (Å²) in [6, 6.07) is 2.67. The minimum Gasteiger partial charge on any atom is -0.507 e. The summed E-state index contributed by atoms with van der Waals surface area (Å²) in [5, 5.41) is 9.12. The van der Waals surface area contributed by atoms with Gasteiger partial charge in [-0.2, -0.15) is 0 Å². The third kappa shape index (κ3) is 1.70. The molecule has 0 amide bonds. The number of phenols is 1. The third-order valence-electron chi connectivity index (χ3n) is 1.34. The Balaban J connectivity index is 3.25. The first kappa shape index (κ1) is 8.49. The van der Waals surface area contributed by atoms with Crippen molar-refractivity contribution in [2.45, 2.75) is 6.54 Å². The van der Waals surface area contributed by atoms with Crippen molar-refractivity contribution in [2.24, 2.45) is 5.73 Å². The maximum atomic E-state index is 12.8. The van der Waals surface area contributed by atoms with Crippen LogP contribution in [0.4, 0.5) is 4.39 Å². The molecule has 0 spiro atoms. The normalized spacial score (nSPS) is 10.1. The van der Waals surface area contributed by atoms with E-state index in [0.717, 1.165) is 0 Å². The van der Waals surface area contributed by atoms with Crippen molar-refractivity contribution >= 4 is 15.9 Å². The van der Waals surface area contributed by atoms with Gasteiger partial charge in [0, 0.05) is 16.6 Å². The van der Waals surface area contributed by atoms with Gasteiger partial charge in [0.2, 0.25) is 0 Å². The fourth-order valence-corrected chi connectivity index (χ4v) is 1.21. The number of nitrogens with two attached hydrogens (primary N) is 1. The monoisotopic (exact) mass is 219 g/mol. The fraction of sp³-hybridized carbons (Fsp3) is 0.143. The van der Waals surface area contributed by atoms with Gasteiger partial charge < -0.3 is 10.8 Å². The minimum atomic E-state index is -0.487. The summed E-state index contributed by atoms with van der Waals surface area (Å²) in [4.78, 5) is 0. The van der Waals surface area contributed by atoms with E-state index >= 15 is 0 Å². The molecule has 0 fully saturated rings. The molecular formula is C7H7BrFNO. The highest BCUT2D eigenvalue weighted by molar-refractivity contribution is 9.10. The molecule has 1 aromatic carbocycles. The predicted molar refractivity (Wildman–Crippen MR) is 43.7 cm³/mol. The molecule has 1 aromatic rings. The number of phenolic OH excluding ortho intramolecular Hbond substituents is 1. The SMILES string of the molecule is NCc1c(O)cc(Br)cc1F. The molecule has 0 aliphatic rings. The summed E-state index contributed by atoms with van der Waals surface area (Å²) in [6.07, 6.45) is 0. The van der Waals surface area contributed by atoms with E-state index in [9.17, 15) is 4.39 Å². The van der Waals surface area contributed by atoms with Gasteiger partial charge in [-0.25, -0.2) is 4.39 Å². The molecular weight excluding hydrogens is 213 g/mol. The predicted octanol–water partition coefficient (Wildman–Crippen LogP) is 1.75. The average Bonchev–Trinajstić information content (AvgIpc) is 1.85. The molecule has 0 aliphatic carbocycles. The lowest BCUT2D eigenvalue weighted by atomic mass is 10.2. The van der Waals surface area contributed by atoms with E-state index in [0.29, 0.717) is 4.47 Å². The van der Waals surface area contributed by atoms with Gasteiger partial charge in [-0.1, -0.05) is 15.9 Å². The maximum Gasteiger partial charge on any atom is 0.132 e. The molecule has 0 saturated heterocycles. The summed E-state index contributed by atoms with van der Waals surface area (Å²) >= 11 is 3.04. The molecule has 0 heterocycles. The largest absolute Gasteiger partial charge is 0.507 e. The molecule has 0 aromatic heterocycles. The second-order valence-electron chi connectivity index (χ2n) is 2.09. The Morgan fingerprint density at radius 2 is 2.18 bits per heavy atom. The van der Waals surface area contributed by atoms with Crippen LogP contribution in [0, 0.1) is 5.82 Å². The summed E-state index contributed by atoms with van der Waals surface area (Å²) in [5.74, 6) is -0.598. The molecule has 3 N–H and O–H groups in total. The maximum absolute atomic E-state index is 12.8. The van der Waals surface area contributed by atoms with E-state index < -0.39 is 5.82 Å². The quantitative estimate of drug-likeness (QED) is 0.757. The van der Waals surface area contributed by atoms with Gasteiger partial charge >= 0.3 is 0 Å². The summed E-state index contributed by atoms with van der Waals surface area (Å²) in [6.45, 7) is 0.00491. The summed E-state index contributed by atoms with van der Waals surface area (Å²) in [7, 11) is 0. The van der Waals surface area contributed by atoms with Gasteiger partial charge in [0.15, 0.2) is 0 Å². The Hall–Kier alpha value is -0.610. The second kappa shape index (κ2) is 3.19. The van der Waals surface area contributed by atoms with E-state index in [1.54, 1.807) is 0 Å². The summed E-state index contributed by atoms with van der Waals surface area (Å²) < 4.78 is 13.3. The lowest BCUT2D eigenvalue weighted by Gasteiger charge is -2.02. The number of rotatable bonds is 1. The molecule has 11 heavy (non-hydrogen) atoms. The second-order valence-corrected chi connectivity index (χ2v) is 3.01. The zero-order chi connectivity index (χ0) is 8.43. The number of halogens is 2. The van der Waals surface area contributed by atoms with Crippen LogP contribution in [0.3, 0.4) is 0 Å². The minimum absolute atomic E-state index is 0.00491. The van der Waals surface area contributed by atoms with Crippen LogP contribution in [0.1, 0.15) is 5.56 Å². The third-order valence-corrected chi connectivity index (χ3v) is 1.80. The Labute approximate surface area is 72.0 Å². The Kier molecular flexibility index (Phi) is 2.46. The van der Waals surface area contributed by atoms with Gasteiger partial charge in [-0.3, -0.25) is 0 Å². The fourth-order valence-electron chi connectivity index (χ4n) is 0.792. The van der Waals surface area contributed by atoms with E-state index in [1.165, 1.54) is 12.1 Å². The average molecular weight is 220 g/mol. The molecule has 0 unspecified atom stereocenters. The highest BCUT2D eigenvalue weighted by atomic mass is 79.9. The topological polar surface area (TPSA) is 46.2 Å². The highest BCUT2D eigenvalue weighted by Gasteiger charge is 2.06. The van der Waals surface area contributed by atoms with Crippen molar-refractivity contribution in [3.8, 4) is 5.75 Å². The highest BCUT2D eigenvalue weighted by Crippen LogP contribution is 2.24. The van der Waals surface area contributed by atoms with Gasteiger partial charge in [0.1, 0.15) is 11.6 Å². The molecule has 1 rings (SSSR count). The van der Waals surface area contributed by atoms with Gasteiger partial charge in [0.25, 0.3) is 0 Å².